The molecule has 0 N–H and O–H groups in total. The van der Waals surface area contributed by atoms with Crippen molar-refractivity contribution < 1.29 is 0 Å². The van der Waals surface area contributed by atoms with E-state index >= 15 is 0 Å². The molecule has 0 atom stereocenters. The van der Waals surface area contributed by atoms with Crippen LogP contribution in [0.1, 0.15) is 58.3 Å². The van der Waals surface area contributed by atoms with Crippen LogP contribution < -0.4 is 0 Å². The Hall–Kier alpha value is -0.830. The van der Waals surface area contributed by atoms with Crippen LogP contribution in [0.25, 0.3) is 0 Å². The molecule has 0 radical (unpaired) electrons. The quantitative estimate of drug-likeness (QED) is 0.201. The van der Waals surface area contributed by atoms with Gasteiger partial charge in [-0.3, -0.25) is 0 Å². The molecule has 2 aromatic carbocycles. The average molecular weight is 422 g/mol. The summed E-state index contributed by atoms with van der Waals surface area (Å²) in [4.78, 5) is 0. The molecular weight excluding hydrogens is 391 g/mol. The number of unbranched alkanes of at least 4 members (excludes halogenated alkanes) is 7. The molecule has 0 amide bonds. The fraction of sp³-hybridized carbons (Fsp3) is 0.455. The van der Waals surface area contributed by atoms with Crippen LogP contribution in [0.4, 0.5) is 0 Å². The Morgan fingerprint density at radius 2 is 1.00 bits per heavy atom. The van der Waals surface area contributed by atoms with Gasteiger partial charge in [0.05, 0.1) is 0 Å². The van der Waals surface area contributed by atoms with E-state index in [1.54, 1.807) is 7.14 Å². The molecule has 0 unspecified atom stereocenters. The van der Waals surface area contributed by atoms with E-state index in [1.807, 2.05) is 0 Å². The van der Waals surface area contributed by atoms with E-state index in [-0.39, 0.29) is 0 Å². The zero-order chi connectivity index (χ0) is 16.2. The maximum absolute atomic E-state index is 2.35. The summed E-state index contributed by atoms with van der Waals surface area (Å²) >= 11 is -1.22. The van der Waals surface area contributed by atoms with Crippen molar-refractivity contribution in [2.75, 3.05) is 4.43 Å². The molecule has 0 saturated heterocycles. The SMILES string of the molecule is CCCCCCCCCCI(c1ccccc1)c1ccccc1. The summed E-state index contributed by atoms with van der Waals surface area (Å²) in [6.45, 7) is 2.29. The number of hydrogen-bond donors (Lipinski definition) is 0. The van der Waals surface area contributed by atoms with Gasteiger partial charge in [-0.05, 0) is 0 Å². The summed E-state index contributed by atoms with van der Waals surface area (Å²) < 4.78 is 4.66. The first-order valence-electron chi connectivity index (χ1n) is 9.17. The van der Waals surface area contributed by atoms with Crippen molar-refractivity contribution in [2.24, 2.45) is 0 Å². The molecule has 0 heterocycles. The van der Waals surface area contributed by atoms with Crippen molar-refractivity contribution in [3.63, 3.8) is 0 Å². The molecular formula is C22H31I. The first kappa shape index (κ1) is 18.5. The van der Waals surface area contributed by atoms with Crippen LogP contribution >= 0.6 is 19.8 Å². The summed E-state index contributed by atoms with van der Waals surface area (Å²) in [5.74, 6) is 0. The number of alkyl halides is 1. The number of halogens is 1. The van der Waals surface area contributed by atoms with Gasteiger partial charge in [-0.15, -0.1) is 0 Å². The van der Waals surface area contributed by atoms with Crippen molar-refractivity contribution in [1.82, 2.24) is 0 Å². The first-order chi connectivity index (χ1) is 11.4. The molecule has 0 fully saturated rings. The van der Waals surface area contributed by atoms with Gasteiger partial charge in [-0.25, -0.2) is 0 Å². The van der Waals surface area contributed by atoms with E-state index in [2.05, 4.69) is 67.6 Å². The molecule has 23 heavy (non-hydrogen) atoms. The predicted molar refractivity (Wildman–Crippen MR) is 112 cm³/mol. The number of hydrogen-bond acceptors (Lipinski definition) is 0. The Bertz CT molecular complexity index is 467. The van der Waals surface area contributed by atoms with Gasteiger partial charge in [-0.2, -0.15) is 0 Å². The minimum atomic E-state index is -1.22. The third-order valence-corrected chi connectivity index (χ3v) is 10.5. The van der Waals surface area contributed by atoms with E-state index in [4.69, 9.17) is 0 Å². The minimum absolute atomic E-state index is 1.22. The Labute approximate surface area is 150 Å². The first-order valence-corrected chi connectivity index (χ1v) is 12.9. The van der Waals surface area contributed by atoms with Crippen molar-refractivity contribution in [2.45, 2.75) is 58.3 Å². The topological polar surface area (TPSA) is 0 Å². The van der Waals surface area contributed by atoms with Crippen molar-refractivity contribution in [1.29, 1.82) is 0 Å². The Morgan fingerprint density at radius 3 is 1.48 bits per heavy atom. The molecule has 126 valence electrons. The third kappa shape index (κ3) is 7.07. The van der Waals surface area contributed by atoms with E-state index in [0.717, 1.165) is 0 Å². The molecule has 0 bridgehead atoms. The molecule has 0 spiro atoms. The Morgan fingerprint density at radius 1 is 0.565 bits per heavy atom. The van der Waals surface area contributed by atoms with E-state index in [1.165, 1.54) is 55.8 Å². The summed E-state index contributed by atoms with van der Waals surface area (Å²) in [6.07, 6.45) is 11.3. The molecule has 0 aromatic heterocycles. The van der Waals surface area contributed by atoms with Gasteiger partial charge in [0.1, 0.15) is 0 Å². The van der Waals surface area contributed by atoms with E-state index in [9.17, 15) is 0 Å². The van der Waals surface area contributed by atoms with Gasteiger partial charge < -0.3 is 0 Å². The number of benzene rings is 2. The zero-order valence-corrected chi connectivity index (χ0v) is 16.7. The van der Waals surface area contributed by atoms with Gasteiger partial charge in [-0.1, -0.05) is 0 Å². The monoisotopic (exact) mass is 422 g/mol. The molecule has 0 saturated carbocycles. The van der Waals surface area contributed by atoms with E-state index in [0.29, 0.717) is 0 Å². The summed E-state index contributed by atoms with van der Waals surface area (Å²) in [6, 6.07) is 22.5. The summed E-state index contributed by atoms with van der Waals surface area (Å²) in [5, 5.41) is 0. The Kier molecular flexibility index (Phi) is 9.39. The second-order valence-corrected chi connectivity index (χ2v) is 11.8. The average Bonchev–Trinajstić information content (AvgIpc) is 2.62. The van der Waals surface area contributed by atoms with Crippen molar-refractivity contribution in [3.05, 3.63) is 67.8 Å². The summed E-state index contributed by atoms with van der Waals surface area (Å²) in [7, 11) is 0. The van der Waals surface area contributed by atoms with Crippen LogP contribution in [0, 0.1) is 7.14 Å². The number of rotatable bonds is 11. The fourth-order valence-corrected chi connectivity index (χ4v) is 8.67. The second kappa shape index (κ2) is 11.7. The maximum atomic E-state index is 2.35. The van der Waals surface area contributed by atoms with Gasteiger partial charge in [0.15, 0.2) is 0 Å². The molecule has 0 aliphatic heterocycles. The fourth-order valence-electron chi connectivity index (χ4n) is 2.84. The third-order valence-electron chi connectivity index (χ3n) is 4.17. The standard InChI is InChI=1S/C22H31I/c1-2-3-4-5-6-7-8-15-20-23(21-16-11-9-12-17-21)22-18-13-10-14-19-22/h9-14,16-19H,2-8,15,20H2,1H3. The van der Waals surface area contributed by atoms with Gasteiger partial charge in [0.2, 0.25) is 0 Å². The summed E-state index contributed by atoms with van der Waals surface area (Å²) in [5.41, 5.74) is 0. The molecule has 0 aliphatic carbocycles. The predicted octanol–water partition coefficient (Wildman–Crippen LogP) is 7.37. The van der Waals surface area contributed by atoms with Crippen LogP contribution in [0.5, 0.6) is 0 Å². The van der Waals surface area contributed by atoms with Crippen LogP contribution in [0.2, 0.25) is 0 Å². The normalized spacial score (nSPS) is 11.4. The van der Waals surface area contributed by atoms with Crippen LogP contribution in [0.15, 0.2) is 60.7 Å². The zero-order valence-electron chi connectivity index (χ0n) is 14.5. The molecule has 1 heteroatoms. The van der Waals surface area contributed by atoms with E-state index < -0.39 is 19.8 Å². The molecule has 0 aliphatic rings. The van der Waals surface area contributed by atoms with Crippen molar-refractivity contribution >= 4 is 19.8 Å². The second-order valence-electron chi connectivity index (χ2n) is 6.12. The van der Waals surface area contributed by atoms with Gasteiger partial charge >= 0.3 is 150 Å². The molecule has 0 nitrogen and oxygen atoms in total. The van der Waals surface area contributed by atoms with Crippen LogP contribution in [0.3, 0.4) is 0 Å². The van der Waals surface area contributed by atoms with Crippen LogP contribution in [-0.4, -0.2) is 4.43 Å². The molecule has 2 aromatic rings. The van der Waals surface area contributed by atoms with Gasteiger partial charge in [0.25, 0.3) is 0 Å². The molecule has 2 rings (SSSR count). The van der Waals surface area contributed by atoms with Crippen LogP contribution in [-0.2, 0) is 0 Å². The van der Waals surface area contributed by atoms with Gasteiger partial charge in [0, 0.05) is 0 Å². The Balaban J connectivity index is 1.80. The van der Waals surface area contributed by atoms with Crippen molar-refractivity contribution in [3.8, 4) is 0 Å².